The lowest BCUT2D eigenvalue weighted by Crippen LogP contribution is -2.25. The van der Waals surface area contributed by atoms with Crippen LogP contribution in [0.5, 0.6) is 0 Å². The quantitative estimate of drug-likeness (QED) is 0.782. The van der Waals surface area contributed by atoms with Crippen LogP contribution >= 0.6 is 11.8 Å². The van der Waals surface area contributed by atoms with E-state index in [2.05, 4.69) is 10.3 Å². The Bertz CT molecular complexity index is 297. The van der Waals surface area contributed by atoms with Crippen LogP contribution in [-0.4, -0.2) is 22.5 Å². The summed E-state index contributed by atoms with van der Waals surface area (Å²) in [7, 11) is 0. The Hall–Kier alpha value is -0.900. The molecule has 1 aliphatic rings. The second kappa shape index (κ2) is 4.55. The van der Waals surface area contributed by atoms with Crippen molar-refractivity contribution in [3.63, 3.8) is 0 Å². The van der Waals surface area contributed by atoms with E-state index in [0.717, 1.165) is 5.69 Å². The minimum atomic E-state index is 0.582. The lowest BCUT2D eigenvalue weighted by atomic mass is 10.2. The minimum absolute atomic E-state index is 0.582. The summed E-state index contributed by atoms with van der Waals surface area (Å²) in [6.45, 7) is 0. The van der Waals surface area contributed by atoms with Crippen LogP contribution in [0.1, 0.15) is 12.8 Å². The number of nitrogen functional groups attached to an aromatic ring is 1. The first-order valence-corrected chi connectivity index (χ1v) is 6.06. The number of nitrogens with one attached hydrogen (secondary N) is 1. The minimum Gasteiger partial charge on any atom is -0.384 e. The second-order valence-electron chi connectivity index (χ2n) is 3.53. The highest BCUT2D eigenvalue weighted by Crippen LogP contribution is 2.21. The molecule has 4 heteroatoms. The van der Waals surface area contributed by atoms with Crippen LogP contribution in [0.25, 0.3) is 0 Å². The molecule has 1 aromatic heterocycles. The molecule has 2 heterocycles. The highest BCUT2D eigenvalue weighted by atomic mass is 32.2. The maximum absolute atomic E-state index is 5.61. The van der Waals surface area contributed by atoms with Gasteiger partial charge >= 0.3 is 0 Å². The number of pyridine rings is 1. The van der Waals surface area contributed by atoms with Crippen molar-refractivity contribution in [2.45, 2.75) is 18.9 Å². The van der Waals surface area contributed by atoms with E-state index in [9.17, 15) is 0 Å². The molecule has 0 aromatic carbocycles. The Morgan fingerprint density at radius 2 is 2.50 bits per heavy atom. The van der Waals surface area contributed by atoms with E-state index in [1.165, 1.54) is 24.3 Å². The van der Waals surface area contributed by atoms with Crippen molar-refractivity contribution in [2.24, 2.45) is 0 Å². The molecule has 1 unspecified atom stereocenters. The van der Waals surface area contributed by atoms with E-state index in [4.69, 9.17) is 5.73 Å². The van der Waals surface area contributed by atoms with Crippen LogP contribution in [0.3, 0.4) is 0 Å². The van der Waals surface area contributed by atoms with E-state index >= 15 is 0 Å². The topological polar surface area (TPSA) is 50.9 Å². The van der Waals surface area contributed by atoms with Gasteiger partial charge < -0.3 is 11.1 Å². The molecule has 3 N–H and O–H groups in total. The van der Waals surface area contributed by atoms with Gasteiger partial charge in [0.1, 0.15) is 5.82 Å². The molecule has 0 saturated carbocycles. The fraction of sp³-hybridized carbons (Fsp3) is 0.500. The molecule has 1 aliphatic heterocycles. The summed E-state index contributed by atoms with van der Waals surface area (Å²) in [5, 5.41) is 3.48. The van der Waals surface area contributed by atoms with Crippen molar-refractivity contribution in [1.82, 2.24) is 4.98 Å². The fourth-order valence-corrected chi connectivity index (χ4v) is 2.70. The molecule has 1 aromatic rings. The Labute approximate surface area is 88.5 Å². The van der Waals surface area contributed by atoms with Crippen LogP contribution in [0.2, 0.25) is 0 Å². The Morgan fingerprint density at radius 1 is 1.57 bits per heavy atom. The lowest BCUT2D eigenvalue weighted by Gasteiger charge is -2.23. The Kier molecular flexibility index (Phi) is 3.14. The van der Waals surface area contributed by atoms with Crippen molar-refractivity contribution < 1.29 is 0 Å². The number of rotatable bonds is 2. The van der Waals surface area contributed by atoms with Gasteiger partial charge in [-0.25, -0.2) is 4.98 Å². The Morgan fingerprint density at radius 3 is 3.21 bits per heavy atom. The highest BCUT2D eigenvalue weighted by molar-refractivity contribution is 7.99. The average Bonchev–Trinajstić information content (AvgIpc) is 2.19. The zero-order chi connectivity index (χ0) is 9.80. The normalized spacial score (nSPS) is 21.9. The van der Waals surface area contributed by atoms with Gasteiger partial charge in [0.15, 0.2) is 0 Å². The van der Waals surface area contributed by atoms with Crippen molar-refractivity contribution in [1.29, 1.82) is 0 Å². The van der Waals surface area contributed by atoms with Crippen LogP contribution in [-0.2, 0) is 0 Å². The number of nitrogens with two attached hydrogens (primary N) is 1. The zero-order valence-electron chi connectivity index (χ0n) is 8.07. The van der Waals surface area contributed by atoms with Gasteiger partial charge in [-0.3, -0.25) is 0 Å². The maximum Gasteiger partial charge on any atom is 0.125 e. The molecule has 1 atom stereocenters. The van der Waals surface area contributed by atoms with E-state index in [0.29, 0.717) is 11.9 Å². The first-order chi connectivity index (χ1) is 6.84. The third-order valence-corrected chi connectivity index (χ3v) is 3.53. The van der Waals surface area contributed by atoms with Crippen LogP contribution < -0.4 is 11.1 Å². The number of anilines is 2. The average molecular weight is 209 g/mol. The molecular formula is C10H15N3S. The third-order valence-electron chi connectivity index (χ3n) is 2.31. The van der Waals surface area contributed by atoms with Crippen molar-refractivity contribution in [2.75, 3.05) is 22.6 Å². The molecule has 1 saturated heterocycles. The summed E-state index contributed by atoms with van der Waals surface area (Å²) in [6.07, 6.45) is 4.31. The van der Waals surface area contributed by atoms with E-state index < -0.39 is 0 Å². The fourth-order valence-electron chi connectivity index (χ4n) is 1.63. The maximum atomic E-state index is 5.61. The summed E-state index contributed by atoms with van der Waals surface area (Å²) >= 11 is 2.02. The predicted molar refractivity (Wildman–Crippen MR) is 62.6 cm³/mol. The van der Waals surface area contributed by atoms with Gasteiger partial charge in [-0.2, -0.15) is 11.8 Å². The molecule has 0 aliphatic carbocycles. The van der Waals surface area contributed by atoms with Gasteiger partial charge in [-0.1, -0.05) is 0 Å². The highest BCUT2D eigenvalue weighted by Gasteiger charge is 2.12. The Balaban J connectivity index is 1.95. The zero-order valence-corrected chi connectivity index (χ0v) is 8.89. The first kappa shape index (κ1) is 9.65. The van der Waals surface area contributed by atoms with Gasteiger partial charge in [0, 0.05) is 29.7 Å². The summed E-state index contributed by atoms with van der Waals surface area (Å²) < 4.78 is 0. The van der Waals surface area contributed by atoms with Gasteiger partial charge in [0.25, 0.3) is 0 Å². The number of hydrogen-bond donors (Lipinski definition) is 2. The van der Waals surface area contributed by atoms with Gasteiger partial charge in [-0.15, -0.1) is 0 Å². The van der Waals surface area contributed by atoms with Crippen molar-refractivity contribution in [3.8, 4) is 0 Å². The van der Waals surface area contributed by atoms with Crippen LogP contribution in [0.4, 0.5) is 11.5 Å². The number of nitrogens with zero attached hydrogens (tertiary/aromatic N) is 1. The molecular weight excluding hydrogens is 194 g/mol. The summed E-state index contributed by atoms with van der Waals surface area (Å²) in [4.78, 5) is 3.97. The van der Waals surface area contributed by atoms with Crippen LogP contribution in [0.15, 0.2) is 18.3 Å². The molecule has 14 heavy (non-hydrogen) atoms. The SMILES string of the molecule is Nc1cc(NC2CCCSC2)ccn1. The molecule has 3 nitrogen and oxygen atoms in total. The smallest absolute Gasteiger partial charge is 0.125 e. The molecule has 0 amide bonds. The number of hydrogen-bond acceptors (Lipinski definition) is 4. The van der Waals surface area contributed by atoms with Gasteiger partial charge in [0.05, 0.1) is 0 Å². The number of thioether (sulfide) groups is 1. The van der Waals surface area contributed by atoms with Crippen LogP contribution in [0, 0.1) is 0 Å². The second-order valence-corrected chi connectivity index (χ2v) is 4.68. The number of aromatic nitrogens is 1. The molecule has 0 spiro atoms. The van der Waals surface area contributed by atoms with Crippen molar-refractivity contribution in [3.05, 3.63) is 18.3 Å². The molecule has 1 fully saturated rings. The molecule has 76 valence electrons. The summed E-state index contributed by atoms with van der Waals surface area (Å²) in [6, 6.07) is 4.45. The van der Waals surface area contributed by atoms with E-state index in [1.54, 1.807) is 6.20 Å². The molecule has 2 rings (SSSR count). The van der Waals surface area contributed by atoms with E-state index in [1.807, 2.05) is 23.9 Å². The summed E-state index contributed by atoms with van der Waals surface area (Å²) in [5.74, 6) is 3.08. The summed E-state index contributed by atoms with van der Waals surface area (Å²) in [5.41, 5.74) is 6.70. The van der Waals surface area contributed by atoms with Gasteiger partial charge in [-0.05, 0) is 24.7 Å². The predicted octanol–water partition coefficient (Wildman–Crippen LogP) is 1.97. The molecule has 0 bridgehead atoms. The molecule has 0 radical (unpaired) electrons. The van der Waals surface area contributed by atoms with Gasteiger partial charge in [0.2, 0.25) is 0 Å². The monoisotopic (exact) mass is 209 g/mol. The lowest BCUT2D eigenvalue weighted by molar-refractivity contribution is 0.685. The third kappa shape index (κ3) is 2.54. The van der Waals surface area contributed by atoms with E-state index in [-0.39, 0.29) is 0 Å². The van der Waals surface area contributed by atoms with Crippen molar-refractivity contribution >= 4 is 23.3 Å². The largest absolute Gasteiger partial charge is 0.384 e. The first-order valence-electron chi connectivity index (χ1n) is 4.90. The standard InChI is InChI=1S/C10H15N3S/c11-10-6-8(3-4-12-10)13-9-2-1-5-14-7-9/h3-4,6,9H,1-2,5,7H2,(H3,11,12,13).